The Hall–Kier alpha value is -4.78. The number of carbonyl (C=O) groups excluding carboxylic acids is 2. The molecule has 0 aromatic heterocycles. The monoisotopic (exact) mass is 497 g/mol. The molecule has 38 heavy (non-hydrogen) atoms. The van der Waals surface area contributed by atoms with Gasteiger partial charge in [-0.1, -0.05) is 84.9 Å². The smallest absolute Gasteiger partial charge is 0.252 e. The average Bonchev–Trinajstić information content (AvgIpc) is 3.54. The van der Waals surface area contributed by atoms with Crippen molar-refractivity contribution in [2.24, 2.45) is 11.0 Å². The van der Waals surface area contributed by atoms with Crippen molar-refractivity contribution in [2.45, 2.75) is 17.2 Å². The van der Waals surface area contributed by atoms with Crippen molar-refractivity contribution < 1.29 is 14.4 Å². The summed E-state index contributed by atoms with van der Waals surface area (Å²) in [4.78, 5) is 33.0. The second-order valence-corrected chi connectivity index (χ2v) is 10.2. The molecule has 8 rings (SSSR count). The van der Waals surface area contributed by atoms with Crippen LogP contribution in [0.25, 0.3) is 16.6 Å². The van der Waals surface area contributed by atoms with Gasteiger partial charge in [-0.15, -0.1) is 4.81 Å². The van der Waals surface area contributed by atoms with Crippen molar-refractivity contribution in [3.63, 3.8) is 0 Å². The van der Waals surface area contributed by atoms with Crippen molar-refractivity contribution in [1.82, 2.24) is 4.90 Å². The maximum atomic E-state index is 14.1. The highest BCUT2D eigenvalue weighted by molar-refractivity contribution is 6.11. The van der Waals surface area contributed by atoms with Gasteiger partial charge in [0.15, 0.2) is 0 Å². The lowest BCUT2D eigenvalue weighted by Crippen LogP contribution is -2.56. The molecule has 7 heteroatoms. The molecule has 0 saturated carbocycles. The number of rotatable bonds is 2. The number of azo groups is 1. The highest BCUT2D eigenvalue weighted by Gasteiger charge is 2.79. The number of carbonyl (C=O) groups is 2. The number of amides is 2. The van der Waals surface area contributed by atoms with E-state index in [1.807, 2.05) is 84.9 Å². The van der Waals surface area contributed by atoms with E-state index in [9.17, 15) is 9.59 Å². The predicted molar refractivity (Wildman–Crippen MR) is 141 cm³/mol. The number of fused-ring (bicyclic) bond motifs is 4. The lowest BCUT2D eigenvalue weighted by molar-refractivity contribution is -0.458. The Labute approximate surface area is 219 Å². The first-order valence-electron chi connectivity index (χ1n) is 12.8. The molecular formula is C31H23N5O2. The van der Waals surface area contributed by atoms with Crippen LogP contribution < -0.4 is 4.90 Å². The number of nitrogens with zero attached hydrogens (tertiary/aromatic N) is 5. The van der Waals surface area contributed by atoms with E-state index >= 15 is 0 Å². The highest BCUT2D eigenvalue weighted by Crippen LogP contribution is 2.72. The fourth-order valence-corrected chi connectivity index (χ4v) is 7.11. The summed E-state index contributed by atoms with van der Waals surface area (Å²) in [6.45, 7) is 0. The van der Waals surface area contributed by atoms with Crippen LogP contribution in [0.15, 0.2) is 114 Å². The SMILES string of the molecule is CN1C(=O)[C@@H]2[C@H](C1=O)N(c1ccccc1)[C@]13[N-][N+](c4ccccc4)=N[C@]21c1ccccc1-c1ccccc13. The third-order valence-corrected chi connectivity index (χ3v) is 8.55. The summed E-state index contributed by atoms with van der Waals surface area (Å²) in [5, 5.41) is 5.37. The number of benzene rings is 4. The van der Waals surface area contributed by atoms with Gasteiger partial charge in [-0.05, 0) is 34.4 Å². The van der Waals surface area contributed by atoms with Gasteiger partial charge in [0.05, 0.1) is 5.92 Å². The van der Waals surface area contributed by atoms with E-state index in [4.69, 9.17) is 10.5 Å². The summed E-state index contributed by atoms with van der Waals surface area (Å²) in [7, 11) is 1.58. The van der Waals surface area contributed by atoms with Gasteiger partial charge >= 0.3 is 0 Å². The van der Waals surface area contributed by atoms with Gasteiger partial charge in [0, 0.05) is 24.9 Å². The normalized spacial score (nSPS) is 28.2. The van der Waals surface area contributed by atoms with Crippen LogP contribution in [0.5, 0.6) is 0 Å². The number of para-hydroxylation sites is 2. The van der Waals surface area contributed by atoms with E-state index in [2.05, 4.69) is 29.2 Å². The predicted octanol–water partition coefficient (Wildman–Crippen LogP) is 5.32. The zero-order chi connectivity index (χ0) is 25.6. The van der Waals surface area contributed by atoms with E-state index in [-0.39, 0.29) is 11.8 Å². The van der Waals surface area contributed by atoms with Crippen LogP contribution in [-0.4, -0.2) is 34.6 Å². The summed E-state index contributed by atoms with van der Waals surface area (Å²) in [6.07, 6.45) is 0. The van der Waals surface area contributed by atoms with Crippen LogP contribution in [0.2, 0.25) is 0 Å². The van der Waals surface area contributed by atoms with Crippen molar-refractivity contribution >= 4 is 23.2 Å². The van der Waals surface area contributed by atoms with Gasteiger partial charge in [0.2, 0.25) is 11.6 Å². The van der Waals surface area contributed by atoms with Crippen LogP contribution in [0, 0.1) is 5.92 Å². The standard InChI is InChI=1S/C31H23N5O2/c1-34-28(37)26-27(29(34)38)35(20-12-4-2-5-13-20)31-25-19-11-9-17-23(25)22-16-8-10-18-24(22)30(26,31)32-36(33-31)21-14-6-3-7-15-21/h2-19,26-27H,1H3/t26-,27+,30+,31-/m0/s1. The van der Waals surface area contributed by atoms with E-state index < -0.39 is 23.2 Å². The van der Waals surface area contributed by atoms with E-state index in [1.165, 1.54) is 4.90 Å². The van der Waals surface area contributed by atoms with Crippen molar-refractivity contribution in [3.05, 3.63) is 126 Å². The van der Waals surface area contributed by atoms with Crippen LogP contribution in [0.1, 0.15) is 11.1 Å². The van der Waals surface area contributed by atoms with Gasteiger partial charge in [0.1, 0.15) is 17.2 Å². The Morgan fingerprint density at radius 2 is 1.32 bits per heavy atom. The van der Waals surface area contributed by atoms with Crippen LogP contribution >= 0.6 is 0 Å². The summed E-state index contributed by atoms with van der Waals surface area (Å²) in [5.41, 5.74) is 8.59. The average molecular weight is 498 g/mol. The molecule has 184 valence electrons. The van der Waals surface area contributed by atoms with Gasteiger partial charge in [0.25, 0.3) is 5.91 Å². The molecule has 2 amide bonds. The molecule has 0 spiro atoms. The zero-order valence-corrected chi connectivity index (χ0v) is 20.6. The van der Waals surface area contributed by atoms with Crippen LogP contribution in [0.4, 0.5) is 11.4 Å². The Bertz CT molecular complexity index is 1690. The van der Waals surface area contributed by atoms with Gasteiger partial charge in [-0.25, -0.2) is 0 Å². The first kappa shape index (κ1) is 21.3. The molecule has 2 fully saturated rings. The third kappa shape index (κ3) is 2.26. The topological polar surface area (TPSA) is 70.1 Å². The fraction of sp³-hybridized carbons (Fsp3) is 0.161. The minimum atomic E-state index is -1.16. The molecular weight excluding hydrogens is 474 g/mol. The maximum absolute atomic E-state index is 14.1. The molecule has 2 saturated heterocycles. The minimum absolute atomic E-state index is 0.231. The lowest BCUT2D eigenvalue weighted by atomic mass is 9.63. The van der Waals surface area contributed by atoms with Gasteiger partial charge in [-0.2, -0.15) is 10.5 Å². The molecule has 0 unspecified atom stereocenters. The summed E-state index contributed by atoms with van der Waals surface area (Å²) in [6, 6.07) is 35.2. The van der Waals surface area contributed by atoms with Crippen molar-refractivity contribution in [2.75, 3.05) is 11.9 Å². The van der Waals surface area contributed by atoms with Crippen LogP contribution in [-0.2, 0) is 20.8 Å². The number of likely N-dealkylation sites (tertiary alicyclic amines) is 1. The molecule has 4 atom stereocenters. The molecule has 1 aliphatic carbocycles. The lowest BCUT2D eigenvalue weighted by Gasteiger charge is -2.51. The maximum Gasteiger partial charge on any atom is 0.252 e. The molecule has 4 aromatic rings. The van der Waals surface area contributed by atoms with Gasteiger partial charge < -0.3 is 4.90 Å². The van der Waals surface area contributed by atoms with E-state index in [0.29, 0.717) is 0 Å². The largest absolute Gasteiger partial charge is 0.343 e. The second-order valence-electron chi connectivity index (χ2n) is 10.2. The first-order valence-corrected chi connectivity index (χ1v) is 12.8. The zero-order valence-electron chi connectivity index (χ0n) is 20.6. The minimum Gasteiger partial charge on any atom is -0.343 e. The molecule has 3 heterocycles. The molecule has 0 N–H and O–H groups in total. The van der Waals surface area contributed by atoms with Crippen LogP contribution in [0.3, 0.4) is 0 Å². The van der Waals surface area contributed by atoms with E-state index in [0.717, 1.165) is 33.6 Å². The summed E-state index contributed by atoms with van der Waals surface area (Å²) in [5.74, 6) is -1.22. The molecule has 0 radical (unpaired) electrons. The Morgan fingerprint density at radius 3 is 2.03 bits per heavy atom. The number of imide groups is 1. The third-order valence-electron chi connectivity index (χ3n) is 8.55. The quantitative estimate of drug-likeness (QED) is 0.278. The molecule has 0 bridgehead atoms. The number of hydrogen-bond acceptors (Lipinski definition) is 4. The number of likely N-dealkylation sites (N-methyl/N-ethyl adjacent to an activating group) is 1. The number of hydrogen-bond donors (Lipinski definition) is 0. The second kappa shape index (κ2) is 7.16. The van der Waals surface area contributed by atoms with E-state index in [1.54, 1.807) is 11.9 Å². The molecule has 7 nitrogen and oxygen atoms in total. The Balaban J connectivity index is 1.56. The molecule has 4 aliphatic rings. The van der Waals surface area contributed by atoms with Crippen molar-refractivity contribution in [3.8, 4) is 11.1 Å². The molecule has 4 aromatic carbocycles. The first-order chi connectivity index (χ1) is 18.6. The number of anilines is 1. The van der Waals surface area contributed by atoms with Crippen molar-refractivity contribution in [1.29, 1.82) is 0 Å². The summed E-state index contributed by atoms with van der Waals surface area (Å²) >= 11 is 0. The molecule has 3 aliphatic heterocycles. The Kier molecular flexibility index (Phi) is 4.02. The Morgan fingerprint density at radius 1 is 0.737 bits per heavy atom. The van der Waals surface area contributed by atoms with Gasteiger partial charge in [-0.3, -0.25) is 14.5 Å². The highest BCUT2D eigenvalue weighted by atomic mass is 16.2. The summed E-state index contributed by atoms with van der Waals surface area (Å²) < 4.78 is 0. The fourth-order valence-electron chi connectivity index (χ4n) is 7.11.